The molecule has 1 amide bonds. The molecule has 2 aromatic rings. The number of nitrogens with one attached hydrogen (secondary N) is 1. The first-order valence-electron chi connectivity index (χ1n) is 7.52. The van der Waals surface area contributed by atoms with Crippen LogP contribution in [0.3, 0.4) is 0 Å². The number of non-ortho nitro benzene ring substituents is 1. The largest absolute Gasteiger partial charge is 0.345 e. The maximum atomic E-state index is 12.6. The van der Waals surface area contributed by atoms with Gasteiger partial charge < -0.3 is 5.32 Å². The Morgan fingerprint density at radius 3 is 2.62 bits per heavy atom. The van der Waals surface area contributed by atoms with Crippen LogP contribution in [0.1, 0.15) is 42.7 Å². The molecule has 1 atom stereocenters. The fourth-order valence-electron chi connectivity index (χ4n) is 2.19. The van der Waals surface area contributed by atoms with E-state index in [4.69, 9.17) is 0 Å². The Kier molecular flexibility index (Phi) is 5.61. The minimum Gasteiger partial charge on any atom is -0.345 e. The molecule has 0 radical (unpaired) electrons. The van der Waals surface area contributed by atoms with Crippen LogP contribution in [0.4, 0.5) is 5.69 Å². The van der Waals surface area contributed by atoms with E-state index in [-0.39, 0.29) is 22.9 Å². The Morgan fingerprint density at radius 1 is 1.38 bits per heavy atom. The maximum absolute atomic E-state index is 12.6. The molecule has 8 heteroatoms. The van der Waals surface area contributed by atoms with Gasteiger partial charge in [0, 0.05) is 41.1 Å². The summed E-state index contributed by atoms with van der Waals surface area (Å²) in [6, 6.07) is 4.14. The quantitative estimate of drug-likeness (QED) is 0.491. The predicted octanol–water partition coefficient (Wildman–Crippen LogP) is 3.32. The summed E-state index contributed by atoms with van der Waals surface area (Å²) in [4.78, 5) is 23.9. The van der Waals surface area contributed by atoms with E-state index < -0.39 is 4.92 Å². The number of benzene rings is 1. The van der Waals surface area contributed by atoms with Crippen molar-refractivity contribution in [3.63, 3.8) is 0 Å². The second kappa shape index (κ2) is 7.48. The summed E-state index contributed by atoms with van der Waals surface area (Å²) >= 11 is 1.50. The lowest BCUT2D eigenvalue weighted by Gasteiger charge is -2.15. The zero-order chi connectivity index (χ0) is 17.9. The lowest BCUT2D eigenvalue weighted by molar-refractivity contribution is -0.384. The summed E-state index contributed by atoms with van der Waals surface area (Å²) in [6.07, 6.45) is 3.50. The minimum absolute atomic E-state index is 0.0951. The Balaban J connectivity index is 2.28. The summed E-state index contributed by atoms with van der Waals surface area (Å²) in [7, 11) is 1.80. The Bertz CT molecular complexity index is 758. The van der Waals surface area contributed by atoms with Gasteiger partial charge in [0.1, 0.15) is 0 Å². The van der Waals surface area contributed by atoms with Gasteiger partial charge in [0.2, 0.25) is 0 Å². The molecule has 1 unspecified atom stereocenters. The third-order valence-electron chi connectivity index (χ3n) is 3.35. The Morgan fingerprint density at radius 2 is 2.08 bits per heavy atom. The van der Waals surface area contributed by atoms with Crippen molar-refractivity contribution < 1.29 is 9.72 Å². The van der Waals surface area contributed by atoms with E-state index in [0.29, 0.717) is 5.56 Å². The van der Waals surface area contributed by atoms with Crippen LogP contribution in [0, 0.1) is 10.1 Å². The number of nitro groups is 1. The number of hydrogen-bond donors (Lipinski definition) is 1. The molecule has 2 rings (SSSR count). The smallest absolute Gasteiger partial charge is 0.270 e. The van der Waals surface area contributed by atoms with Crippen LogP contribution in [0.15, 0.2) is 35.5 Å². The van der Waals surface area contributed by atoms with E-state index >= 15 is 0 Å². The van der Waals surface area contributed by atoms with Gasteiger partial charge in [0.15, 0.2) is 0 Å². The molecule has 1 heterocycles. The molecule has 128 valence electrons. The molecule has 0 aliphatic heterocycles. The van der Waals surface area contributed by atoms with Gasteiger partial charge in [0.25, 0.3) is 11.6 Å². The van der Waals surface area contributed by atoms with E-state index in [1.54, 1.807) is 24.0 Å². The molecule has 0 spiro atoms. The number of carbonyl (C=O) groups is 1. The minimum atomic E-state index is -0.495. The molecule has 1 aromatic carbocycles. The van der Waals surface area contributed by atoms with Gasteiger partial charge in [-0.25, -0.2) is 0 Å². The number of thioether (sulfide) groups is 1. The molecule has 24 heavy (non-hydrogen) atoms. The summed E-state index contributed by atoms with van der Waals surface area (Å²) in [5.74, 6) is -0.335. The van der Waals surface area contributed by atoms with Crippen molar-refractivity contribution >= 4 is 23.4 Å². The van der Waals surface area contributed by atoms with Crippen LogP contribution >= 0.6 is 11.8 Å². The van der Waals surface area contributed by atoms with Crippen molar-refractivity contribution in [2.75, 3.05) is 0 Å². The van der Waals surface area contributed by atoms with Crippen molar-refractivity contribution in [3.05, 3.63) is 51.8 Å². The summed E-state index contributed by atoms with van der Waals surface area (Å²) in [5.41, 5.74) is 1.09. The van der Waals surface area contributed by atoms with Gasteiger partial charge in [-0.3, -0.25) is 19.6 Å². The standard InChI is InChI=1S/C16H20N4O3S/c1-10(2)24-15-6-5-13(20(22)23)7-14(15)16(21)18-11(3)12-8-17-19(4)9-12/h5-11H,1-4H3,(H,18,21). The second-order valence-corrected chi connectivity index (χ2v) is 7.37. The average molecular weight is 348 g/mol. The topological polar surface area (TPSA) is 90.1 Å². The van der Waals surface area contributed by atoms with Crippen molar-refractivity contribution in [3.8, 4) is 0 Å². The first kappa shape index (κ1) is 18.0. The highest BCUT2D eigenvalue weighted by atomic mass is 32.2. The summed E-state index contributed by atoms with van der Waals surface area (Å²) in [5, 5.41) is 18.2. The Labute approximate surface area is 144 Å². The number of aromatic nitrogens is 2. The number of nitrogens with zero attached hydrogens (tertiary/aromatic N) is 3. The van der Waals surface area contributed by atoms with E-state index in [2.05, 4.69) is 10.4 Å². The predicted molar refractivity (Wildman–Crippen MR) is 93.2 cm³/mol. The number of hydrogen-bond acceptors (Lipinski definition) is 5. The molecule has 7 nitrogen and oxygen atoms in total. The number of nitro benzene ring substituents is 1. The molecule has 0 aliphatic carbocycles. The van der Waals surface area contributed by atoms with Gasteiger partial charge >= 0.3 is 0 Å². The van der Waals surface area contributed by atoms with E-state index in [1.807, 2.05) is 27.0 Å². The zero-order valence-corrected chi connectivity index (χ0v) is 14.8. The van der Waals surface area contributed by atoms with Gasteiger partial charge in [-0.05, 0) is 13.0 Å². The monoisotopic (exact) mass is 348 g/mol. The van der Waals surface area contributed by atoms with Crippen molar-refractivity contribution in [2.45, 2.75) is 37.0 Å². The van der Waals surface area contributed by atoms with E-state index in [9.17, 15) is 14.9 Å². The summed E-state index contributed by atoms with van der Waals surface area (Å²) in [6.45, 7) is 5.86. The van der Waals surface area contributed by atoms with Gasteiger partial charge in [-0.1, -0.05) is 13.8 Å². The first-order valence-corrected chi connectivity index (χ1v) is 8.40. The highest BCUT2D eigenvalue weighted by Crippen LogP contribution is 2.30. The number of carbonyl (C=O) groups excluding carboxylic acids is 1. The molecule has 0 saturated carbocycles. The van der Waals surface area contributed by atoms with Crippen molar-refractivity contribution in [1.29, 1.82) is 0 Å². The van der Waals surface area contributed by atoms with Gasteiger partial charge in [0.05, 0.1) is 22.7 Å². The van der Waals surface area contributed by atoms with Gasteiger partial charge in [-0.2, -0.15) is 5.10 Å². The molecule has 0 aliphatic rings. The molecular weight excluding hydrogens is 328 g/mol. The lowest BCUT2D eigenvalue weighted by Crippen LogP contribution is -2.27. The normalized spacial score (nSPS) is 12.2. The van der Waals surface area contributed by atoms with Crippen LogP contribution in [0.5, 0.6) is 0 Å². The van der Waals surface area contributed by atoms with Crippen molar-refractivity contribution in [1.82, 2.24) is 15.1 Å². The zero-order valence-electron chi connectivity index (χ0n) is 14.0. The molecular formula is C16H20N4O3S. The number of rotatable bonds is 6. The Hall–Kier alpha value is -2.35. The van der Waals surface area contributed by atoms with Crippen LogP contribution < -0.4 is 5.32 Å². The number of aryl methyl sites for hydroxylation is 1. The van der Waals surface area contributed by atoms with Crippen LogP contribution in [0.2, 0.25) is 0 Å². The molecule has 0 fully saturated rings. The molecule has 1 N–H and O–H groups in total. The maximum Gasteiger partial charge on any atom is 0.270 e. The number of amides is 1. The van der Waals surface area contributed by atoms with Crippen LogP contribution in [-0.4, -0.2) is 25.9 Å². The highest BCUT2D eigenvalue weighted by Gasteiger charge is 2.20. The molecule has 0 saturated heterocycles. The SMILES string of the molecule is CC(C)Sc1ccc([N+](=O)[O-])cc1C(=O)NC(C)c1cnn(C)c1. The third-order valence-corrected chi connectivity index (χ3v) is 4.44. The van der Waals surface area contributed by atoms with Crippen LogP contribution in [-0.2, 0) is 7.05 Å². The van der Waals surface area contributed by atoms with Gasteiger partial charge in [-0.15, -0.1) is 11.8 Å². The fourth-order valence-corrected chi connectivity index (χ4v) is 3.12. The molecule has 1 aromatic heterocycles. The van der Waals surface area contributed by atoms with E-state index in [1.165, 1.54) is 23.9 Å². The lowest BCUT2D eigenvalue weighted by atomic mass is 10.1. The summed E-state index contributed by atoms with van der Waals surface area (Å²) < 4.78 is 1.66. The van der Waals surface area contributed by atoms with Crippen molar-refractivity contribution in [2.24, 2.45) is 7.05 Å². The highest BCUT2D eigenvalue weighted by molar-refractivity contribution is 8.00. The third kappa shape index (κ3) is 4.35. The van der Waals surface area contributed by atoms with Crippen LogP contribution in [0.25, 0.3) is 0 Å². The second-order valence-electron chi connectivity index (χ2n) is 5.75. The average Bonchev–Trinajstić information content (AvgIpc) is 2.93. The first-order chi connectivity index (χ1) is 11.3. The van der Waals surface area contributed by atoms with E-state index in [0.717, 1.165) is 10.5 Å². The molecule has 0 bridgehead atoms. The fraction of sp³-hybridized carbons (Fsp3) is 0.375.